The highest BCUT2D eigenvalue weighted by Crippen LogP contribution is 2.38. The number of aromatic nitrogens is 2. The average Bonchev–Trinajstić information content (AvgIpc) is 3.65. The van der Waals surface area contributed by atoms with E-state index < -0.39 is 99.1 Å². The number of nitrogens with two attached hydrogens (primary N) is 1. The zero-order valence-electron chi connectivity index (χ0n) is 31.7. The zero-order chi connectivity index (χ0) is 42.3. The van der Waals surface area contributed by atoms with E-state index in [0.29, 0.717) is 12.1 Å². The van der Waals surface area contributed by atoms with Gasteiger partial charge in [-0.3, -0.25) is 38.1 Å². The second-order valence-corrected chi connectivity index (χ2v) is 15.9. The van der Waals surface area contributed by atoms with Crippen molar-refractivity contribution >= 4 is 60.9 Å². The van der Waals surface area contributed by atoms with Gasteiger partial charge in [-0.2, -0.15) is 0 Å². The van der Waals surface area contributed by atoms with Crippen molar-refractivity contribution < 1.29 is 57.5 Å². The van der Waals surface area contributed by atoms with E-state index in [0.717, 1.165) is 24.2 Å². The summed E-state index contributed by atoms with van der Waals surface area (Å²) < 4.78 is 16.3. The molecular formula is C34H50N9O12PS. The van der Waals surface area contributed by atoms with Crippen LogP contribution >= 0.6 is 19.6 Å². The lowest BCUT2D eigenvalue weighted by Gasteiger charge is -2.29. The number of phosphoric ester groups is 1. The van der Waals surface area contributed by atoms with Crippen molar-refractivity contribution in [1.29, 1.82) is 0 Å². The van der Waals surface area contributed by atoms with Crippen LogP contribution in [0.4, 0.5) is 0 Å². The minimum Gasteiger partial charge on any atom is -0.394 e. The summed E-state index contributed by atoms with van der Waals surface area (Å²) in [5.74, 6) is -6.99. The Hall–Kier alpha value is -4.86. The van der Waals surface area contributed by atoms with Crippen molar-refractivity contribution in [2.24, 2.45) is 11.7 Å². The summed E-state index contributed by atoms with van der Waals surface area (Å²) in [6.45, 7) is 2.91. The van der Waals surface area contributed by atoms with Crippen molar-refractivity contribution in [2.75, 3.05) is 44.3 Å². The van der Waals surface area contributed by atoms with Crippen molar-refractivity contribution in [3.63, 3.8) is 0 Å². The number of amides is 7. The summed E-state index contributed by atoms with van der Waals surface area (Å²) in [5, 5.41) is 19.4. The maximum absolute atomic E-state index is 13.9. The first kappa shape index (κ1) is 46.5. The summed E-state index contributed by atoms with van der Waals surface area (Å²) in [6.07, 6.45) is 1.13. The third-order valence-electron chi connectivity index (χ3n) is 8.43. The Morgan fingerprint density at radius 2 is 1.63 bits per heavy atom. The van der Waals surface area contributed by atoms with E-state index in [2.05, 4.69) is 35.8 Å². The van der Waals surface area contributed by atoms with Gasteiger partial charge in [0.15, 0.2) is 0 Å². The van der Waals surface area contributed by atoms with E-state index in [4.69, 9.17) is 5.73 Å². The van der Waals surface area contributed by atoms with Gasteiger partial charge < -0.3 is 56.7 Å². The number of carbonyl (C=O) groups is 7. The number of H-pyrrole nitrogens is 1. The van der Waals surface area contributed by atoms with E-state index in [1.807, 2.05) is 44.2 Å². The molecule has 0 radical (unpaired) electrons. The molecule has 3 rings (SSSR count). The molecule has 0 aliphatic carbocycles. The summed E-state index contributed by atoms with van der Waals surface area (Å²) in [6, 6.07) is 2.55. The van der Waals surface area contributed by atoms with Crippen LogP contribution in [0.1, 0.15) is 32.0 Å². The van der Waals surface area contributed by atoms with Gasteiger partial charge >= 0.3 is 7.82 Å². The van der Waals surface area contributed by atoms with Gasteiger partial charge in [-0.05, 0) is 24.8 Å². The highest BCUT2D eigenvalue weighted by molar-refractivity contribution is 8.00. The van der Waals surface area contributed by atoms with Crippen LogP contribution in [0.2, 0.25) is 0 Å². The molecule has 7 amide bonds. The number of hydrogen-bond acceptors (Lipinski definition) is 12. The van der Waals surface area contributed by atoms with Crippen LogP contribution in [0.3, 0.4) is 0 Å². The molecular weight excluding hydrogens is 789 g/mol. The molecule has 1 fully saturated rings. The van der Waals surface area contributed by atoms with Gasteiger partial charge in [0.1, 0.15) is 24.2 Å². The SMILES string of the molecule is CC(C)CN1CC(=O)N[C@@H](Cc2cnc[nH]2)C(=O)N[C@@H](CO)C(=O)N[C@@H]([C@@H](C)OP(=O)(O)O)C(=O)N[C@@H](C(N)=O)CSCC(=O)N(CCc2ccccc2)CC1=O. The number of aliphatic hydroxyl groups excluding tert-OH is 1. The summed E-state index contributed by atoms with van der Waals surface area (Å²) >= 11 is 0.890. The fourth-order valence-electron chi connectivity index (χ4n) is 5.60. The number of hydrogen-bond donors (Lipinski definition) is 9. The molecule has 1 aliphatic rings. The number of rotatable bonds is 12. The Morgan fingerprint density at radius 3 is 2.23 bits per heavy atom. The first-order chi connectivity index (χ1) is 26.9. The summed E-state index contributed by atoms with van der Waals surface area (Å²) in [7, 11) is -5.27. The number of nitrogens with zero attached hydrogens (tertiary/aromatic N) is 3. The molecule has 314 valence electrons. The third kappa shape index (κ3) is 15.9. The fourth-order valence-corrected chi connectivity index (χ4v) is 7.12. The highest BCUT2D eigenvalue weighted by atomic mass is 32.2. The van der Waals surface area contributed by atoms with E-state index in [1.165, 1.54) is 22.3 Å². The van der Waals surface area contributed by atoms with Gasteiger partial charge in [-0.25, -0.2) is 9.55 Å². The second kappa shape index (κ2) is 22.2. The van der Waals surface area contributed by atoms with Crippen molar-refractivity contribution in [3.05, 3.63) is 54.1 Å². The fraction of sp³-hybridized carbons (Fsp3) is 0.529. The molecule has 1 aliphatic heterocycles. The Kier molecular flexibility index (Phi) is 18.1. The molecule has 0 saturated carbocycles. The van der Waals surface area contributed by atoms with E-state index >= 15 is 0 Å². The first-order valence-corrected chi connectivity index (χ1v) is 20.5. The molecule has 2 aromatic rings. The highest BCUT2D eigenvalue weighted by Gasteiger charge is 2.37. The van der Waals surface area contributed by atoms with Crippen LogP contribution in [0.5, 0.6) is 0 Å². The quantitative estimate of drug-likeness (QED) is 0.0974. The number of nitrogens with one attached hydrogen (secondary N) is 5. The largest absolute Gasteiger partial charge is 0.469 e. The van der Waals surface area contributed by atoms with E-state index in [9.17, 15) is 53.0 Å². The number of phosphoric acid groups is 1. The van der Waals surface area contributed by atoms with Crippen LogP contribution in [0.15, 0.2) is 42.9 Å². The van der Waals surface area contributed by atoms with Crippen LogP contribution in [-0.4, -0.2) is 151 Å². The molecule has 0 unspecified atom stereocenters. The van der Waals surface area contributed by atoms with Gasteiger partial charge in [-0.1, -0.05) is 44.2 Å². The van der Waals surface area contributed by atoms with Crippen molar-refractivity contribution in [3.8, 4) is 0 Å². The zero-order valence-corrected chi connectivity index (χ0v) is 33.4. The first-order valence-electron chi connectivity index (χ1n) is 17.9. The lowest BCUT2D eigenvalue weighted by molar-refractivity contribution is -0.142. The smallest absolute Gasteiger partial charge is 0.394 e. The molecule has 1 saturated heterocycles. The van der Waals surface area contributed by atoms with Gasteiger partial charge in [-0.15, -0.1) is 11.8 Å². The molecule has 23 heteroatoms. The molecule has 1 aromatic heterocycles. The molecule has 0 spiro atoms. The van der Waals surface area contributed by atoms with Crippen molar-refractivity contribution in [1.82, 2.24) is 41.0 Å². The Morgan fingerprint density at radius 1 is 0.947 bits per heavy atom. The third-order valence-corrected chi connectivity index (χ3v) is 10.1. The molecule has 5 atom stereocenters. The van der Waals surface area contributed by atoms with Crippen LogP contribution in [-0.2, 0) is 55.5 Å². The molecule has 10 N–H and O–H groups in total. The summed E-state index contributed by atoms with van der Waals surface area (Å²) in [5.41, 5.74) is 6.82. The number of benzene rings is 1. The predicted molar refractivity (Wildman–Crippen MR) is 204 cm³/mol. The second-order valence-electron chi connectivity index (χ2n) is 13.6. The predicted octanol–water partition coefficient (Wildman–Crippen LogP) is -2.83. The standard InChI is InChI=1S/C34H50N9O12PS/c1-20(2)13-43-14-27(45)38-24(11-23-12-36-19-37-23)32(49)39-25(16-44)33(50)41-30(21(3)55-56(52,53)54)34(51)40-26(31(35)48)17-57-18-29(47)42(15-28(43)46)10-9-22-7-5-4-6-8-22/h4-8,12,19-21,24-26,30,44H,9-11,13-18H2,1-3H3,(H2,35,48)(H,36,37)(H,38,45)(H,39,49)(H,40,51)(H,41,50)(H2,52,53,54)/t21-,24+,25+,26-,30+/m1/s1. The molecule has 2 heterocycles. The van der Waals surface area contributed by atoms with Crippen LogP contribution in [0, 0.1) is 5.92 Å². The van der Waals surface area contributed by atoms with Gasteiger partial charge in [0.05, 0.1) is 37.9 Å². The van der Waals surface area contributed by atoms with Crippen LogP contribution < -0.4 is 27.0 Å². The maximum atomic E-state index is 13.9. The number of aliphatic hydroxyl groups is 1. The summed E-state index contributed by atoms with van der Waals surface area (Å²) in [4.78, 5) is 122. The minimum atomic E-state index is -5.27. The number of primary amides is 1. The molecule has 57 heavy (non-hydrogen) atoms. The van der Waals surface area contributed by atoms with E-state index in [1.54, 1.807) is 0 Å². The molecule has 0 bridgehead atoms. The number of carbonyl (C=O) groups excluding carboxylic acids is 7. The normalized spacial score (nSPS) is 22.2. The monoisotopic (exact) mass is 839 g/mol. The number of thioether (sulfide) groups is 1. The Balaban J connectivity index is 2.04. The molecule has 1 aromatic carbocycles. The van der Waals surface area contributed by atoms with Gasteiger partial charge in [0, 0.05) is 37.2 Å². The lowest BCUT2D eigenvalue weighted by Crippen LogP contribution is -2.62. The Bertz CT molecular complexity index is 1750. The molecule has 21 nitrogen and oxygen atoms in total. The number of aromatic amines is 1. The van der Waals surface area contributed by atoms with E-state index in [-0.39, 0.29) is 36.9 Å². The average molecular weight is 840 g/mol. The Labute approximate surface area is 332 Å². The van der Waals surface area contributed by atoms with Gasteiger partial charge in [0.2, 0.25) is 41.4 Å². The van der Waals surface area contributed by atoms with Crippen molar-refractivity contribution in [2.45, 2.75) is 63.9 Å². The van der Waals surface area contributed by atoms with Gasteiger partial charge in [0.25, 0.3) is 0 Å². The number of imidazole rings is 1. The minimum absolute atomic E-state index is 0.101. The maximum Gasteiger partial charge on any atom is 0.469 e. The van der Waals surface area contributed by atoms with Crippen LogP contribution in [0.25, 0.3) is 0 Å². The lowest BCUT2D eigenvalue weighted by atomic mass is 10.1. The topological polar surface area (TPSA) is 316 Å².